The molecule has 5 nitrogen and oxygen atoms in total. The Labute approximate surface area is 176 Å². The van der Waals surface area contributed by atoms with Crippen LogP contribution in [0.2, 0.25) is 0 Å². The number of nitrogens with zero attached hydrogens (tertiary/aromatic N) is 1. The van der Waals surface area contributed by atoms with E-state index in [1.165, 1.54) is 44.9 Å². The van der Waals surface area contributed by atoms with Gasteiger partial charge in [-0.05, 0) is 50.4 Å². The van der Waals surface area contributed by atoms with Crippen molar-refractivity contribution < 1.29 is 9.53 Å². The minimum absolute atomic E-state index is 0. The van der Waals surface area contributed by atoms with Crippen LogP contribution in [-0.2, 0) is 9.53 Å². The molecule has 0 aromatic heterocycles. The summed E-state index contributed by atoms with van der Waals surface area (Å²) < 4.78 is 5.54. The first-order chi connectivity index (χ1) is 12.2. The van der Waals surface area contributed by atoms with Crippen LogP contribution >= 0.6 is 24.8 Å². The summed E-state index contributed by atoms with van der Waals surface area (Å²) in [4.78, 5) is 15.6. The molecule has 0 spiro atoms. The maximum Gasteiger partial charge on any atom is 0.222 e. The largest absolute Gasteiger partial charge is 0.379 e. The molecule has 4 fully saturated rings. The first-order valence-electron chi connectivity index (χ1n) is 10.5. The van der Waals surface area contributed by atoms with Crippen molar-refractivity contribution >= 4 is 30.7 Å². The third-order valence-corrected chi connectivity index (χ3v) is 7.41. The maximum absolute atomic E-state index is 13.0. The molecule has 3 N–H and O–H groups in total. The number of halogens is 2. The van der Waals surface area contributed by atoms with Crippen LogP contribution in [0, 0.1) is 11.8 Å². The van der Waals surface area contributed by atoms with Gasteiger partial charge < -0.3 is 15.8 Å². The van der Waals surface area contributed by atoms with Gasteiger partial charge in [0.15, 0.2) is 0 Å². The Balaban J connectivity index is 0.00000131. The van der Waals surface area contributed by atoms with Crippen LogP contribution in [0.15, 0.2) is 0 Å². The number of hydrogen-bond acceptors (Lipinski definition) is 4. The molecule has 4 rings (SSSR count). The van der Waals surface area contributed by atoms with Crippen LogP contribution in [0.5, 0.6) is 0 Å². The van der Waals surface area contributed by atoms with Crippen molar-refractivity contribution in [3.8, 4) is 0 Å². The SMILES string of the molecule is Cl.Cl.NC1CC2CCCC(C1)C2NC(=O)CC1(N2CCOCC2)CCCC1. The molecule has 2 bridgehead atoms. The second kappa shape index (κ2) is 10.1. The lowest BCUT2D eigenvalue weighted by Crippen LogP contribution is -2.57. The number of nitrogens with two attached hydrogens (primary N) is 1. The molecule has 27 heavy (non-hydrogen) atoms. The van der Waals surface area contributed by atoms with Gasteiger partial charge in [-0.25, -0.2) is 0 Å². The highest BCUT2D eigenvalue weighted by atomic mass is 35.5. The molecule has 158 valence electrons. The summed E-state index contributed by atoms with van der Waals surface area (Å²) in [7, 11) is 0. The minimum atomic E-state index is 0. The summed E-state index contributed by atoms with van der Waals surface area (Å²) in [6.45, 7) is 3.59. The van der Waals surface area contributed by atoms with Crippen LogP contribution in [0.1, 0.15) is 64.2 Å². The van der Waals surface area contributed by atoms with Crippen molar-refractivity contribution in [3.05, 3.63) is 0 Å². The van der Waals surface area contributed by atoms with Crippen LogP contribution in [0.3, 0.4) is 0 Å². The zero-order valence-corrected chi connectivity index (χ0v) is 18.0. The van der Waals surface area contributed by atoms with Gasteiger partial charge in [0.05, 0.1) is 13.2 Å². The van der Waals surface area contributed by atoms with Gasteiger partial charge in [-0.2, -0.15) is 0 Å². The molecule has 0 aromatic carbocycles. The average Bonchev–Trinajstić information content (AvgIpc) is 3.06. The van der Waals surface area contributed by atoms with E-state index in [1.54, 1.807) is 0 Å². The van der Waals surface area contributed by atoms with E-state index in [0.717, 1.165) is 39.1 Å². The van der Waals surface area contributed by atoms with E-state index in [9.17, 15) is 4.79 Å². The molecule has 3 saturated carbocycles. The lowest BCUT2D eigenvalue weighted by atomic mass is 9.67. The summed E-state index contributed by atoms with van der Waals surface area (Å²) >= 11 is 0. The first-order valence-corrected chi connectivity index (χ1v) is 10.5. The highest BCUT2D eigenvalue weighted by molar-refractivity contribution is 5.85. The normalized spacial score (nSPS) is 35.6. The van der Waals surface area contributed by atoms with E-state index < -0.39 is 0 Å². The monoisotopic (exact) mass is 421 g/mol. The fourth-order valence-corrected chi connectivity index (χ4v) is 6.24. The van der Waals surface area contributed by atoms with Gasteiger partial charge in [0.1, 0.15) is 0 Å². The van der Waals surface area contributed by atoms with Crippen LogP contribution in [0.4, 0.5) is 0 Å². The zero-order valence-electron chi connectivity index (χ0n) is 16.4. The van der Waals surface area contributed by atoms with E-state index in [4.69, 9.17) is 10.5 Å². The smallest absolute Gasteiger partial charge is 0.222 e. The number of hydrogen-bond donors (Lipinski definition) is 2. The number of amides is 1. The Morgan fingerprint density at radius 1 is 1.04 bits per heavy atom. The molecule has 1 aliphatic heterocycles. The number of rotatable bonds is 4. The first kappa shape index (κ1) is 23.2. The predicted octanol–water partition coefficient (Wildman–Crippen LogP) is 2.89. The molecule has 7 heteroatoms. The van der Waals surface area contributed by atoms with Crippen molar-refractivity contribution in [2.75, 3.05) is 26.3 Å². The van der Waals surface area contributed by atoms with E-state index in [-0.39, 0.29) is 36.3 Å². The van der Waals surface area contributed by atoms with E-state index in [0.29, 0.717) is 30.3 Å². The molecule has 2 atom stereocenters. The molecular weight excluding hydrogens is 385 g/mol. The molecule has 1 saturated heterocycles. The highest BCUT2D eigenvalue weighted by Gasteiger charge is 2.44. The Morgan fingerprint density at radius 2 is 1.63 bits per heavy atom. The average molecular weight is 422 g/mol. The van der Waals surface area contributed by atoms with Crippen molar-refractivity contribution in [2.24, 2.45) is 17.6 Å². The molecule has 0 radical (unpaired) electrons. The summed E-state index contributed by atoms with van der Waals surface area (Å²) in [6.07, 6.45) is 11.5. The van der Waals surface area contributed by atoms with E-state index in [2.05, 4.69) is 10.2 Å². The maximum atomic E-state index is 13.0. The number of carbonyl (C=O) groups excluding carboxylic acids is 1. The van der Waals surface area contributed by atoms with Gasteiger partial charge in [0.2, 0.25) is 5.91 Å². The number of morpholine rings is 1. The minimum Gasteiger partial charge on any atom is -0.379 e. The van der Waals surface area contributed by atoms with Crippen molar-refractivity contribution in [2.45, 2.75) is 81.8 Å². The lowest BCUT2D eigenvalue weighted by molar-refractivity contribution is -0.127. The quantitative estimate of drug-likeness (QED) is 0.731. The molecule has 4 aliphatic rings. The Kier molecular flexibility index (Phi) is 8.69. The molecule has 0 aromatic rings. The summed E-state index contributed by atoms with van der Waals surface area (Å²) in [5, 5.41) is 3.48. The zero-order chi connectivity index (χ0) is 17.3. The fourth-order valence-electron chi connectivity index (χ4n) is 6.24. The molecule has 1 amide bonds. The van der Waals surface area contributed by atoms with Gasteiger partial charge in [-0.15, -0.1) is 24.8 Å². The third kappa shape index (κ3) is 5.11. The Hall–Kier alpha value is -0.0700. The lowest BCUT2D eigenvalue weighted by Gasteiger charge is -2.46. The van der Waals surface area contributed by atoms with Gasteiger partial charge in [0.25, 0.3) is 0 Å². The van der Waals surface area contributed by atoms with Crippen LogP contribution in [0.25, 0.3) is 0 Å². The van der Waals surface area contributed by atoms with Gasteiger partial charge in [-0.3, -0.25) is 9.69 Å². The second-order valence-corrected chi connectivity index (χ2v) is 8.98. The number of ether oxygens (including phenoxy) is 1. The van der Waals surface area contributed by atoms with Gasteiger partial charge in [-0.1, -0.05) is 19.3 Å². The fraction of sp³-hybridized carbons (Fsp3) is 0.950. The molecule has 3 aliphatic carbocycles. The van der Waals surface area contributed by atoms with Gasteiger partial charge >= 0.3 is 0 Å². The summed E-state index contributed by atoms with van der Waals surface area (Å²) in [5.41, 5.74) is 6.33. The van der Waals surface area contributed by atoms with Crippen LogP contribution < -0.4 is 11.1 Å². The molecule has 2 unspecified atom stereocenters. The van der Waals surface area contributed by atoms with Crippen LogP contribution in [-0.4, -0.2) is 54.7 Å². The summed E-state index contributed by atoms with van der Waals surface area (Å²) in [6, 6.07) is 0.724. The number of nitrogens with one attached hydrogen (secondary N) is 1. The Morgan fingerprint density at radius 3 is 2.22 bits per heavy atom. The van der Waals surface area contributed by atoms with Crippen molar-refractivity contribution in [1.29, 1.82) is 0 Å². The van der Waals surface area contributed by atoms with Gasteiger partial charge in [0, 0.05) is 37.1 Å². The predicted molar refractivity (Wildman–Crippen MR) is 113 cm³/mol. The number of carbonyl (C=O) groups is 1. The number of fused-ring (bicyclic) bond motifs is 2. The topological polar surface area (TPSA) is 67.6 Å². The second-order valence-electron chi connectivity index (χ2n) is 8.98. The molecular formula is C20H37Cl2N3O2. The molecule has 1 heterocycles. The van der Waals surface area contributed by atoms with E-state index in [1.807, 2.05) is 0 Å². The Bertz CT molecular complexity index is 468. The standard InChI is InChI=1S/C20H35N3O2.2ClH/c21-17-12-15-4-3-5-16(13-17)19(15)22-18(24)14-20(6-1-2-7-20)23-8-10-25-11-9-23;;/h15-17,19H,1-14,21H2,(H,22,24);2*1H. The van der Waals surface area contributed by atoms with Crippen molar-refractivity contribution in [1.82, 2.24) is 10.2 Å². The van der Waals surface area contributed by atoms with Crippen molar-refractivity contribution in [3.63, 3.8) is 0 Å². The third-order valence-electron chi connectivity index (χ3n) is 7.41. The summed E-state index contributed by atoms with van der Waals surface area (Å²) in [5.74, 6) is 1.49. The van der Waals surface area contributed by atoms with E-state index >= 15 is 0 Å². The highest BCUT2D eigenvalue weighted by Crippen LogP contribution is 2.41.